The highest BCUT2D eigenvalue weighted by atomic mass is 35.5. The summed E-state index contributed by atoms with van der Waals surface area (Å²) in [7, 11) is 1.58. The molecule has 0 aliphatic carbocycles. The molecule has 0 rings (SSSR count). The Labute approximate surface area is 91.6 Å². The number of hydrogen-bond acceptors (Lipinski definition) is 0. The largest absolute Gasteiger partial charge is 0.127 e. The van der Waals surface area contributed by atoms with Crippen molar-refractivity contribution in [3.8, 4) is 0 Å². The summed E-state index contributed by atoms with van der Waals surface area (Å²) in [6.45, 7) is 11.2. The summed E-state index contributed by atoms with van der Waals surface area (Å²) in [5, 5.41) is 0. The molecule has 0 N–H and O–H groups in total. The fourth-order valence-electron chi connectivity index (χ4n) is 0.941. The molecule has 0 bridgehead atoms. The summed E-state index contributed by atoms with van der Waals surface area (Å²) < 4.78 is 0. The molecule has 0 fully saturated rings. The topological polar surface area (TPSA) is 0 Å². The van der Waals surface area contributed by atoms with Crippen molar-refractivity contribution < 1.29 is 0 Å². The van der Waals surface area contributed by atoms with Gasteiger partial charge in [-0.3, -0.25) is 0 Å². The second-order valence-corrected chi connectivity index (χ2v) is 6.47. The molecule has 1 radical (unpaired) electrons. The van der Waals surface area contributed by atoms with Gasteiger partial charge in [0.2, 0.25) is 0 Å². The third kappa shape index (κ3) is 24.5. The number of alkyl halides is 1. The standard InChI is InChI=1S/C6H14P.C5H11Cl/c1-5(2)7-6(3)4;1-2-3-4-5-6/h5-6H,1-4H3;2-5H2,1H3. The Morgan fingerprint density at radius 3 is 1.54 bits per heavy atom. The van der Waals surface area contributed by atoms with Gasteiger partial charge in [-0.2, -0.15) is 0 Å². The lowest BCUT2D eigenvalue weighted by molar-refractivity contribution is 0.776. The van der Waals surface area contributed by atoms with Crippen LogP contribution in [0, 0.1) is 0 Å². The molecular formula is C11H25ClP. The van der Waals surface area contributed by atoms with Crippen molar-refractivity contribution in [1.29, 1.82) is 0 Å². The van der Waals surface area contributed by atoms with E-state index < -0.39 is 0 Å². The summed E-state index contributed by atoms with van der Waals surface area (Å²) >= 11 is 5.38. The first-order valence-corrected chi connectivity index (χ1v) is 6.87. The molecule has 0 unspecified atom stereocenters. The van der Waals surface area contributed by atoms with Crippen LogP contribution in [0.4, 0.5) is 0 Å². The van der Waals surface area contributed by atoms with E-state index in [2.05, 4.69) is 34.6 Å². The van der Waals surface area contributed by atoms with Crippen molar-refractivity contribution in [2.45, 2.75) is 65.2 Å². The van der Waals surface area contributed by atoms with Crippen molar-refractivity contribution in [2.75, 3.05) is 5.88 Å². The van der Waals surface area contributed by atoms with Crippen LogP contribution in [0.1, 0.15) is 53.9 Å². The predicted molar refractivity (Wildman–Crippen MR) is 67.4 cm³/mol. The molecule has 13 heavy (non-hydrogen) atoms. The second-order valence-electron chi connectivity index (χ2n) is 3.73. The van der Waals surface area contributed by atoms with Crippen LogP contribution in [-0.2, 0) is 0 Å². The molecule has 0 aromatic carbocycles. The predicted octanol–water partition coefficient (Wildman–Crippen LogP) is 5.16. The number of unbranched alkanes of at least 4 members (excludes halogenated alkanes) is 2. The Bertz CT molecular complexity index is 72.2. The Morgan fingerprint density at radius 2 is 1.46 bits per heavy atom. The van der Waals surface area contributed by atoms with E-state index >= 15 is 0 Å². The quantitative estimate of drug-likeness (QED) is 0.343. The molecule has 0 aromatic rings. The summed E-state index contributed by atoms with van der Waals surface area (Å²) in [4.78, 5) is 0. The zero-order valence-corrected chi connectivity index (χ0v) is 11.5. The summed E-state index contributed by atoms with van der Waals surface area (Å²) in [5.74, 6) is 0.827. The number of halogens is 1. The minimum atomic E-state index is 0.827. The van der Waals surface area contributed by atoms with E-state index in [-0.39, 0.29) is 0 Å². The van der Waals surface area contributed by atoms with Crippen molar-refractivity contribution >= 4 is 20.2 Å². The SMILES string of the molecule is CC(C)[P]C(C)C.CCCCCCl. The lowest BCUT2D eigenvalue weighted by atomic mass is 10.3. The highest BCUT2D eigenvalue weighted by molar-refractivity contribution is 7.39. The third-order valence-electron chi connectivity index (χ3n) is 1.33. The molecule has 0 nitrogen and oxygen atoms in total. The zero-order valence-electron chi connectivity index (χ0n) is 9.81. The van der Waals surface area contributed by atoms with Crippen LogP contribution < -0.4 is 0 Å². The van der Waals surface area contributed by atoms with Crippen molar-refractivity contribution in [2.24, 2.45) is 0 Å². The molecular weight excluding hydrogens is 199 g/mol. The molecule has 0 aliphatic heterocycles. The molecule has 0 saturated heterocycles. The van der Waals surface area contributed by atoms with Crippen LogP contribution in [0.3, 0.4) is 0 Å². The van der Waals surface area contributed by atoms with Gasteiger partial charge in [0.05, 0.1) is 0 Å². The van der Waals surface area contributed by atoms with Crippen LogP contribution in [0.25, 0.3) is 0 Å². The summed E-state index contributed by atoms with van der Waals surface area (Å²) in [6, 6.07) is 0. The second kappa shape index (κ2) is 12.7. The van der Waals surface area contributed by atoms with Crippen LogP contribution in [-0.4, -0.2) is 17.2 Å². The molecule has 81 valence electrons. The van der Waals surface area contributed by atoms with Crippen molar-refractivity contribution in [1.82, 2.24) is 0 Å². The molecule has 0 amide bonds. The fourth-order valence-corrected chi connectivity index (χ4v) is 2.32. The van der Waals surface area contributed by atoms with Gasteiger partial charge in [0.25, 0.3) is 0 Å². The minimum absolute atomic E-state index is 0.827. The Morgan fingerprint density at radius 1 is 1.00 bits per heavy atom. The van der Waals surface area contributed by atoms with E-state index in [1.165, 1.54) is 19.3 Å². The Kier molecular flexibility index (Phi) is 15.8. The molecule has 0 aromatic heterocycles. The highest BCUT2D eigenvalue weighted by Crippen LogP contribution is 2.23. The first-order valence-electron chi connectivity index (χ1n) is 5.30. The monoisotopic (exact) mass is 223 g/mol. The van der Waals surface area contributed by atoms with Crippen LogP contribution in [0.5, 0.6) is 0 Å². The van der Waals surface area contributed by atoms with Gasteiger partial charge >= 0.3 is 0 Å². The Hall–Kier alpha value is 0.720. The maximum absolute atomic E-state index is 5.38. The molecule has 0 heterocycles. The van der Waals surface area contributed by atoms with Crippen molar-refractivity contribution in [3.05, 3.63) is 0 Å². The van der Waals surface area contributed by atoms with Crippen LogP contribution in [0.15, 0.2) is 0 Å². The van der Waals surface area contributed by atoms with E-state index in [0.29, 0.717) is 0 Å². The maximum Gasteiger partial charge on any atom is 0.0223 e. The third-order valence-corrected chi connectivity index (χ3v) is 2.79. The van der Waals surface area contributed by atoms with Crippen LogP contribution in [0.2, 0.25) is 0 Å². The van der Waals surface area contributed by atoms with Crippen LogP contribution >= 0.6 is 20.2 Å². The normalized spacial score (nSPS) is 10.2. The maximum atomic E-state index is 5.38. The van der Waals surface area contributed by atoms with Gasteiger partial charge < -0.3 is 0 Å². The average molecular weight is 224 g/mol. The van der Waals surface area contributed by atoms with E-state index in [9.17, 15) is 0 Å². The van der Waals surface area contributed by atoms with Gasteiger partial charge in [-0.15, -0.1) is 11.6 Å². The Balaban J connectivity index is 0. The minimum Gasteiger partial charge on any atom is -0.127 e. The highest BCUT2D eigenvalue weighted by Gasteiger charge is 1.96. The van der Waals surface area contributed by atoms with E-state index in [1.54, 1.807) is 8.58 Å². The lowest BCUT2D eigenvalue weighted by Gasteiger charge is -2.04. The summed E-state index contributed by atoms with van der Waals surface area (Å²) in [6.07, 6.45) is 3.73. The van der Waals surface area contributed by atoms with E-state index in [4.69, 9.17) is 11.6 Å². The van der Waals surface area contributed by atoms with E-state index in [0.717, 1.165) is 17.2 Å². The first kappa shape index (κ1) is 16.2. The molecule has 0 aliphatic rings. The van der Waals surface area contributed by atoms with Gasteiger partial charge in [-0.25, -0.2) is 0 Å². The van der Waals surface area contributed by atoms with Gasteiger partial charge in [-0.05, 0) is 17.7 Å². The average Bonchev–Trinajstić information content (AvgIpc) is 1.99. The number of rotatable bonds is 5. The van der Waals surface area contributed by atoms with Gasteiger partial charge in [-0.1, -0.05) is 56.0 Å². The van der Waals surface area contributed by atoms with Gasteiger partial charge in [0, 0.05) is 5.88 Å². The summed E-state index contributed by atoms with van der Waals surface area (Å²) in [5.41, 5.74) is 1.69. The van der Waals surface area contributed by atoms with Crippen molar-refractivity contribution in [3.63, 3.8) is 0 Å². The zero-order chi connectivity index (χ0) is 10.7. The molecule has 2 heteroatoms. The fraction of sp³-hybridized carbons (Fsp3) is 1.00. The molecule has 0 saturated carbocycles. The lowest BCUT2D eigenvalue weighted by Crippen LogP contribution is -1.90. The van der Waals surface area contributed by atoms with Gasteiger partial charge in [0.15, 0.2) is 0 Å². The van der Waals surface area contributed by atoms with E-state index in [1.807, 2.05) is 0 Å². The number of hydrogen-bond donors (Lipinski definition) is 0. The molecule has 0 atom stereocenters. The molecule has 0 spiro atoms. The first-order chi connectivity index (χ1) is 6.04. The smallest absolute Gasteiger partial charge is 0.0223 e. The van der Waals surface area contributed by atoms with Gasteiger partial charge in [0.1, 0.15) is 0 Å².